The first kappa shape index (κ1) is 11.2. The number of thioether (sulfide) groups is 1. The molecule has 0 aromatic carbocycles. The zero-order valence-corrected chi connectivity index (χ0v) is 10.0. The van der Waals surface area contributed by atoms with E-state index < -0.39 is 0 Å². The van der Waals surface area contributed by atoms with Crippen LogP contribution in [0.25, 0.3) is 0 Å². The van der Waals surface area contributed by atoms with Crippen molar-refractivity contribution in [2.75, 3.05) is 5.73 Å². The number of hydrogen-bond acceptors (Lipinski definition) is 4. The quantitative estimate of drug-likeness (QED) is 0.852. The van der Waals surface area contributed by atoms with Crippen LogP contribution in [0, 0.1) is 0 Å². The number of anilines is 1. The normalized spacial score (nSPS) is 10.3. The van der Waals surface area contributed by atoms with Crippen molar-refractivity contribution < 1.29 is 0 Å². The van der Waals surface area contributed by atoms with E-state index >= 15 is 0 Å². The second-order valence-electron chi connectivity index (χ2n) is 3.18. The molecule has 0 unspecified atom stereocenters. The van der Waals surface area contributed by atoms with Crippen LogP contribution in [0.5, 0.6) is 0 Å². The van der Waals surface area contributed by atoms with E-state index in [4.69, 9.17) is 17.3 Å². The number of aromatic nitrogens is 2. The van der Waals surface area contributed by atoms with Crippen LogP contribution >= 0.6 is 23.4 Å². The van der Waals surface area contributed by atoms with Crippen LogP contribution in [0.3, 0.4) is 0 Å². The molecule has 0 aliphatic rings. The van der Waals surface area contributed by atoms with Crippen molar-refractivity contribution in [1.82, 2.24) is 9.97 Å². The van der Waals surface area contributed by atoms with Gasteiger partial charge >= 0.3 is 0 Å². The molecule has 3 nitrogen and oxygen atoms in total. The average molecular weight is 252 g/mol. The minimum atomic E-state index is 0.672. The van der Waals surface area contributed by atoms with E-state index in [0.29, 0.717) is 10.7 Å². The van der Waals surface area contributed by atoms with Crippen LogP contribution in [0.4, 0.5) is 5.69 Å². The van der Waals surface area contributed by atoms with Gasteiger partial charge in [-0.1, -0.05) is 11.6 Å². The monoisotopic (exact) mass is 251 g/mol. The Morgan fingerprint density at radius 3 is 2.81 bits per heavy atom. The fourth-order valence-corrected chi connectivity index (χ4v) is 2.08. The molecule has 0 saturated carbocycles. The summed E-state index contributed by atoms with van der Waals surface area (Å²) >= 11 is 7.47. The molecule has 0 bridgehead atoms. The summed E-state index contributed by atoms with van der Waals surface area (Å²) in [5.41, 5.74) is 7.16. The van der Waals surface area contributed by atoms with E-state index in [2.05, 4.69) is 9.97 Å². The summed E-state index contributed by atoms with van der Waals surface area (Å²) in [5.74, 6) is 0.747. The Morgan fingerprint density at radius 1 is 1.25 bits per heavy atom. The highest BCUT2D eigenvalue weighted by atomic mass is 35.5. The molecule has 2 N–H and O–H groups in total. The van der Waals surface area contributed by atoms with Crippen molar-refractivity contribution in [3.05, 3.63) is 47.4 Å². The summed E-state index contributed by atoms with van der Waals surface area (Å²) in [5, 5.41) is 1.63. The van der Waals surface area contributed by atoms with Gasteiger partial charge in [0.25, 0.3) is 0 Å². The summed E-state index contributed by atoms with van der Waals surface area (Å²) in [4.78, 5) is 8.41. The number of pyridine rings is 2. The van der Waals surface area contributed by atoms with Crippen LogP contribution in [-0.2, 0) is 5.75 Å². The maximum atomic E-state index is 5.87. The topological polar surface area (TPSA) is 51.8 Å². The molecule has 2 aromatic rings. The van der Waals surface area contributed by atoms with Crippen molar-refractivity contribution >= 4 is 29.1 Å². The van der Waals surface area contributed by atoms with Gasteiger partial charge in [-0.05, 0) is 24.3 Å². The zero-order chi connectivity index (χ0) is 11.4. The average Bonchev–Trinajstić information content (AvgIpc) is 2.28. The first-order chi connectivity index (χ1) is 7.74. The fourth-order valence-electron chi connectivity index (χ4n) is 1.15. The second kappa shape index (κ2) is 5.18. The Kier molecular flexibility index (Phi) is 3.64. The van der Waals surface area contributed by atoms with Gasteiger partial charge in [-0.3, -0.25) is 4.98 Å². The van der Waals surface area contributed by atoms with Crippen molar-refractivity contribution in [3.63, 3.8) is 0 Å². The minimum absolute atomic E-state index is 0.672. The maximum Gasteiger partial charge on any atom is 0.0965 e. The van der Waals surface area contributed by atoms with E-state index in [1.54, 1.807) is 30.2 Å². The molecular weight excluding hydrogens is 242 g/mol. The Balaban J connectivity index is 1.99. The van der Waals surface area contributed by atoms with Gasteiger partial charge in [-0.15, -0.1) is 11.8 Å². The highest BCUT2D eigenvalue weighted by Crippen LogP contribution is 2.21. The summed E-state index contributed by atoms with van der Waals surface area (Å²) in [6, 6.07) is 7.34. The summed E-state index contributed by atoms with van der Waals surface area (Å²) in [6.07, 6.45) is 3.35. The SMILES string of the molecule is Nc1ccc(SCc2cc(Cl)ccn2)nc1. The van der Waals surface area contributed by atoms with Gasteiger partial charge < -0.3 is 5.73 Å². The molecule has 16 heavy (non-hydrogen) atoms. The third-order valence-corrected chi connectivity index (χ3v) is 3.12. The number of rotatable bonds is 3. The summed E-state index contributed by atoms with van der Waals surface area (Å²) in [6.45, 7) is 0. The van der Waals surface area contributed by atoms with Gasteiger partial charge in [0.2, 0.25) is 0 Å². The van der Waals surface area contributed by atoms with Crippen molar-refractivity contribution in [2.24, 2.45) is 0 Å². The Hall–Kier alpha value is -1.26. The van der Waals surface area contributed by atoms with E-state index in [-0.39, 0.29) is 0 Å². The number of halogens is 1. The molecule has 0 aliphatic carbocycles. The molecule has 0 radical (unpaired) electrons. The standard InChI is InChI=1S/C11H10ClN3S/c12-8-3-4-14-10(5-8)7-16-11-2-1-9(13)6-15-11/h1-6H,7,13H2. The number of nitrogen functional groups attached to an aromatic ring is 1. The Morgan fingerprint density at radius 2 is 2.12 bits per heavy atom. The van der Waals surface area contributed by atoms with Gasteiger partial charge in [0.05, 0.1) is 22.6 Å². The Labute approximate surface area is 103 Å². The van der Waals surface area contributed by atoms with E-state index in [1.165, 1.54) is 0 Å². The largest absolute Gasteiger partial charge is 0.397 e. The molecule has 2 heterocycles. The van der Waals surface area contributed by atoms with Crippen LogP contribution in [-0.4, -0.2) is 9.97 Å². The highest BCUT2D eigenvalue weighted by molar-refractivity contribution is 7.98. The van der Waals surface area contributed by atoms with Crippen molar-refractivity contribution in [1.29, 1.82) is 0 Å². The second-order valence-corrected chi connectivity index (χ2v) is 4.62. The highest BCUT2D eigenvalue weighted by Gasteiger charge is 1.99. The van der Waals surface area contributed by atoms with Crippen molar-refractivity contribution in [3.8, 4) is 0 Å². The lowest BCUT2D eigenvalue weighted by molar-refractivity contribution is 1.12. The van der Waals surface area contributed by atoms with Crippen LogP contribution < -0.4 is 5.73 Å². The van der Waals surface area contributed by atoms with Gasteiger partial charge in [0.1, 0.15) is 0 Å². The number of nitrogens with zero attached hydrogens (tertiary/aromatic N) is 2. The fraction of sp³-hybridized carbons (Fsp3) is 0.0909. The van der Waals surface area contributed by atoms with Crippen molar-refractivity contribution in [2.45, 2.75) is 10.8 Å². The smallest absolute Gasteiger partial charge is 0.0965 e. The molecule has 2 aromatic heterocycles. The minimum Gasteiger partial charge on any atom is -0.397 e. The van der Waals surface area contributed by atoms with Gasteiger partial charge in [-0.25, -0.2) is 4.98 Å². The molecule has 2 rings (SSSR count). The summed E-state index contributed by atoms with van der Waals surface area (Å²) in [7, 11) is 0. The van der Waals surface area contributed by atoms with Gasteiger partial charge in [0, 0.05) is 17.0 Å². The molecule has 0 fully saturated rings. The maximum absolute atomic E-state index is 5.87. The molecule has 0 amide bonds. The van der Waals surface area contributed by atoms with E-state index in [1.807, 2.05) is 18.2 Å². The van der Waals surface area contributed by atoms with Crippen LogP contribution in [0.1, 0.15) is 5.69 Å². The molecule has 0 aliphatic heterocycles. The first-order valence-corrected chi connectivity index (χ1v) is 6.05. The Bertz CT molecular complexity index is 473. The lowest BCUT2D eigenvalue weighted by atomic mass is 10.4. The third-order valence-electron chi connectivity index (χ3n) is 1.91. The van der Waals surface area contributed by atoms with Gasteiger partial charge in [-0.2, -0.15) is 0 Å². The van der Waals surface area contributed by atoms with Crippen LogP contribution in [0.2, 0.25) is 5.02 Å². The lowest BCUT2D eigenvalue weighted by Gasteiger charge is -2.01. The molecule has 5 heteroatoms. The molecule has 0 atom stereocenters. The van der Waals surface area contributed by atoms with Gasteiger partial charge in [0.15, 0.2) is 0 Å². The lowest BCUT2D eigenvalue weighted by Crippen LogP contribution is -1.89. The predicted octanol–water partition coefficient (Wildman–Crippen LogP) is 3.00. The predicted molar refractivity (Wildman–Crippen MR) is 67.5 cm³/mol. The summed E-state index contributed by atoms with van der Waals surface area (Å²) < 4.78 is 0. The molecule has 0 saturated heterocycles. The molecule has 0 spiro atoms. The zero-order valence-electron chi connectivity index (χ0n) is 8.43. The van der Waals surface area contributed by atoms with E-state index in [9.17, 15) is 0 Å². The van der Waals surface area contributed by atoms with E-state index in [0.717, 1.165) is 16.5 Å². The third kappa shape index (κ3) is 3.12. The first-order valence-electron chi connectivity index (χ1n) is 4.69. The number of nitrogens with two attached hydrogens (primary N) is 1. The molecular formula is C11H10ClN3S. The number of hydrogen-bond donors (Lipinski definition) is 1. The van der Waals surface area contributed by atoms with Crippen LogP contribution in [0.15, 0.2) is 41.7 Å². The molecule has 82 valence electrons.